The molecule has 0 saturated heterocycles. The summed E-state index contributed by atoms with van der Waals surface area (Å²) in [6.07, 6.45) is -2.84. The molecule has 0 rings (SSSR count). The third-order valence-electron chi connectivity index (χ3n) is 1.30. The lowest BCUT2D eigenvalue weighted by Crippen LogP contribution is -2.36. The van der Waals surface area contributed by atoms with Gasteiger partial charge in [0.05, 0.1) is 12.5 Å². The van der Waals surface area contributed by atoms with Crippen LogP contribution in [-0.4, -0.2) is 44.4 Å². The molecular weight excluding hydrogens is 184 g/mol. The van der Waals surface area contributed by atoms with Gasteiger partial charge in [-0.15, -0.1) is 0 Å². The van der Waals surface area contributed by atoms with E-state index in [-0.39, 0.29) is 0 Å². The number of rotatable bonds is 5. The summed E-state index contributed by atoms with van der Waals surface area (Å²) in [6.45, 7) is 0. The van der Waals surface area contributed by atoms with Crippen LogP contribution in [0.15, 0.2) is 0 Å². The summed E-state index contributed by atoms with van der Waals surface area (Å²) >= 11 is 0. The molecule has 0 heterocycles. The Balaban J connectivity index is 4.46. The number of aliphatic hydroxyl groups is 1. The van der Waals surface area contributed by atoms with E-state index in [1.165, 1.54) is 0 Å². The molecule has 0 radical (unpaired) electrons. The van der Waals surface area contributed by atoms with Crippen LogP contribution in [0, 0.1) is 5.92 Å². The molecule has 13 heavy (non-hydrogen) atoms. The highest BCUT2D eigenvalue weighted by atomic mass is 16.4. The van der Waals surface area contributed by atoms with E-state index in [0.717, 1.165) is 0 Å². The van der Waals surface area contributed by atoms with E-state index in [2.05, 4.69) is 0 Å². The number of carboxylic acid groups (broad SMARTS) is 3. The Bertz CT molecular complexity index is 219. The van der Waals surface area contributed by atoms with Crippen LogP contribution in [0.5, 0.6) is 0 Å². The fraction of sp³-hybridized carbons (Fsp3) is 0.500. The molecular formula is C6H8O7. The molecule has 4 N–H and O–H groups in total. The van der Waals surface area contributed by atoms with Crippen LogP contribution in [-0.2, 0) is 14.4 Å². The van der Waals surface area contributed by atoms with Gasteiger partial charge in [0.25, 0.3) is 0 Å². The van der Waals surface area contributed by atoms with Gasteiger partial charge >= 0.3 is 17.9 Å². The summed E-state index contributed by atoms with van der Waals surface area (Å²) in [5.41, 5.74) is 0. The van der Waals surface area contributed by atoms with Crippen LogP contribution in [0.25, 0.3) is 0 Å². The van der Waals surface area contributed by atoms with Gasteiger partial charge in [-0.05, 0) is 0 Å². The van der Waals surface area contributed by atoms with Gasteiger partial charge in [-0.2, -0.15) is 0 Å². The van der Waals surface area contributed by atoms with Crippen molar-refractivity contribution in [2.24, 2.45) is 5.92 Å². The lowest BCUT2D eigenvalue weighted by atomic mass is 10.0. The second-order valence-electron chi connectivity index (χ2n) is 2.32. The van der Waals surface area contributed by atoms with Crippen molar-refractivity contribution >= 4 is 17.9 Å². The highest BCUT2D eigenvalue weighted by Gasteiger charge is 2.34. The monoisotopic (exact) mass is 192 g/mol. The van der Waals surface area contributed by atoms with Crippen molar-refractivity contribution in [1.29, 1.82) is 0 Å². The van der Waals surface area contributed by atoms with Gasteiger partial charge < -0.3 is 20.4 Å². The molecule has 0 aliphatic heterocycles. The Labute approximate surface area is 72.2 Å². The largest absolute Gasteiger partial charge is 0.481 e. The molecule has 0 aromatic carbocycles. The number of hydrogen-bond donors (Lipinski definition) is 4. The third-order valence-corrected chi connectivity index (χ3v) is 1.30. The van der Waals surface area contributed by atoms with Gasteiger partial charge in [-0.3, -0.25) is 14.4 Å². The van der Waals surface area contributed by atoms with Gasteiger partial charge in [0.2, 0.25) is 0 Å². The maximum absolute atomic E-state index is 10.2. The molecule has 0 bridgehead atoms. The minimum atomic E-state index is -2.10. The van der Waals surface area contributed by atoms with Crippen molar-refractivity contribution in [3.63, 3.8) is 0 Å². The van der Waals surface area contributed by atoms with Crippen molar-refractivity contribution < 1.29 is 34.8 Å². The molecule has 0 spiro atoms. The molecule has 0 amide bonds. The summed E-state index contributed by atoms with van der Waals surface area (Å²) in [4.78, 5) is 30.5. The molecule has 0 aliphatic carbocycles. The SMILES string of the molecule is O=C(O)CC(O)C(C(=O)O)C(=O)O. The predicted octanol–water partition coefficient (Wildman–Crippen LogP) is -1.39. The second kappa shape index (κ2) is 4.41. The molecule has 74 valence electrons. The van der Waals surface area contributed by atoms with Gasteiger partial charge in [0.1, 0.15) is 0 Å². The minimum absolute atomic E-state index is 0.913. The Morgan fingerprint density at radius 3 is 1.62 bits per heavy atom. The Morgan fingerprint density at radius 1 is 1.00 bits per heavy atom. The van der Waals surface area contributed by atoms with Gasteiger partial charge in [-0.1, -0.05) is 0 Å². The molecule has 0 saturated carbocycles. The highest BCUT2D eigenvalue weighted by molar-refractivity contribution is 5.94. The molecule has 1 unspecified atom stereocenters. The Morgan fingerprint density at radius 2 is 1.38 bits per heavy atom. The van der Waals surface area contributed by atoms with Crippen LogP contribution in [0.1, 0.15) is 6.42 Å². The highest BCUT2D eigenvalue weighted by Crippen LogP contribution is 2.08. The number of carbonyl (C=O) groups is 3. The molecule has 0 fully saturated rings. The smallest absolute Gasteiger partial charge is 0.320 e. The van der Waals surface area contributed by atoms with E-state index in [9.17, 15) is 14.4 Å². The molecule has 0 aromatic heterocycles. The first-order chi connectivity index (χ1) is 5.86. The van der Waals surface area contributed by atoms with E-state index in [1.807, 2.05) is 0 Å². The Kier molecular flexibility index (Phi) is 3.86. The zero-order valence-corrected chi connectivity index (χ0v) is 6.38. The molecule has 1 atom stereocenters. The summed E-state index contributed by atoms with van der Waals surface area (Å²) in [7, 11) is 0. The number of aliphatic carboxylic acids is 3. The number of aliphatic hydroxyl groups excluding tert-OH is 1. The van der Waals surface area contributed by atoms with Crippen molar-refractivity contribution in [3.8, 4) is 0 Å². The first-order valence-electron chi connectivity index (χ1n) is 3.21. The lowest BCUT2D eigenvalue weighted by molar-refractivity contribution is -0.160. The lowest BCUT2D eigenvalue weighted by Gasteiger charge is -2.12. The maximum atomic E-state index is 10.2. The van der Waals surface area contributed by atoms with Gasteiger partial charge in [0, 0.05) is 0 Å². The van der Waals surface area contributed by atoms with Crippen LogP contribution >= 0.6 is 0 Å². The second-order valence-corrected chi connectivity index (χ2v) is 2.32. The molecule has 7 nitrogen and oxygen atoms in total. The summed E-state index contributed by atoms with van der Waals surface area (Å²) < 4.78 is 0. The third kappa shape index (κ3) is 3.52. The first kappa shape index (κ1) is 11.4. The average Bonchev–Trinajstić information content (AvgIpc) is 1.81. The van der Waals surface area contributed by atoms with Gasteiger partial charge in [0.15, 0.2) is 5.92 Å². The maximum Gasteiger partial charge on any atom is 0.320 e. The zero-order valence-electron chi connectivity index (χ0n) is 6.38. The predicted molar refractivity (Wildman–Crippen MR) is 37.0 cm³/mol. The van der Waals surface area contributed by atoms with Crippen LogP contribution in [0.2, 0.25) is 0 Å². The molecule has 0 aromatic rings. The first-order valence-corrected chi connectivity index (χ1v) is 3.21. The fourth-order valence-electron chi connectivity index (χ4n) is 0.732. The van der Waals surface area contributed by atoms with E-state index >= 15 is 0 Å². The van der Waals surface area contributed by atoms with E-state index < -0.39 is 36.4 Å². The Hall–Kier alpha value is -1.63. The topological polar surface area (TPSA) is 132 Å². The molecule has 0 aliphatic rings. The van der Waals surface area contributed by atoms with E-state index in [1.54, 1.807) is 0 Å². The summed E-state index contributed by atoms with van der Waals surface area (Å²) in [5.74, 6) is -7.08. The molecule has 7 heteroatoms. The van der Waals surface area contributed by atoms with Crippen molar-refractivity contribution in [3.05, 3.63) is 0 Å². The van der Waals surface area contributed by atoms with Crippen LogP contribution < -0.4 is 0 Å². The standard InChI is InChI=1S/C6H8O7/c7-2(1-3(8)9)4(5(10)11)6(12)13/h2,4,7H,1H2,(H,8,9)(H,10,11)(H,12,13). The van der Waals surface area contributed by atoms with Crippen molar-refractivity contribution in [1.82, 2.24) is 0 Å². The van der Waals surface area contributed by atoms with Crippen LogP contribution in [0.4, 0.5) is 0 Å². The number of carboxylic acids is 3. The van der Waals surface area contributed by atoms with Gasteiger partial charge in [-0.25, -0.2) is 0 Å². The normalized spacial score (nSPS) is 12.5. The fourth-order valence-corrected chi connectivity index (χ4v) is 0.732. The summed E-state index contributed by atoms with van der Waals surface area (Å²) in [6, 6.07) is 0. The average molecular weight is 192 g/mol. The van der Waals surface area contributed by atoms with Crippen LogP contribution in [0.3, 0.4) is 0 Å². The van der Waals surface area contributed by atoms with E-state index in [4.69, 9.17) is 20.4 Å². The number of hydrogen-bond acceptors (Lipinski definition) is 4. The van der Waals surface area contributed by atoms with E-state index in [0.29, 0.717) is 0 Å². The zero-order chi connectivity index (χ0) is 10.6. The quantitative estimate of drug-likeness (QED) is 0.394. The van der Waals surface area contributed by atoms with Crippen molar-refractivity contribution in [2.45, 2.75) is 12.5 Å². The van der Waals surface area contributed by atoms with Crippen molar-refractivity contribution in [2.75, 3.05) is 0 Å². The minimum Gasteiger partial charge on any atom is -0.481 e. The summed E-state index contributed by atoms with van der Waals surface area (Å²) in [5, 5.41) is 33.6.